The molecule has 0 aromatic heterocycles. The minimum atomic E-state index is -1.89. The lowest BCUT2D eigenvalue weighted by Crippen LogP contribution is -2.47. The maximum atomic E-state index is 4.91. The fraction of sp³-hybridized carbons (Fsp3) is 1.00. The van der Waals surface area contributed by atoms with Gasteiger partial charge in [-0.1, -0.05) is 0 Å². The van der Waals surface area contributed by atoms with Crippen molar-refractivity contribution in [1.29, 1.82) is 0 Å². The second-order valence-electron chi connectivity index (χ2n) is 1.81. The minimum Gasteiger partial charge on any atom is -0.424 e. The zero-order chi connectivity index (χ0) is 7.71. The van der Waals surface area contributed by atoms with E-state index in [1.165, 1.54) is 0 Å². The van der Waals surface area contributed by atoms with Gasteiger partial charge in [0.05, 0.1) is 47.1 Å². The molecular weight excluding hydrogens is 105 g/mol. The van der Waals surface area contributed by atoms with Crippen LogP contribution in [0, 0.1) is 0 Å². The van der Waals surface area contributed by atoms with E-state index in [-0.39, 0.29) is 0 Å². The highest BCUT2D eigenvalue weighted by Gasteiger charge is 2.17. The minimum absolute atomic E-state index is 1.89. The van der Waals surface area contributed by atoms with Gasteiger partial charge in [-0.05, 0) is 10.6 Å². The molecule has 32 valence electrons. The number of hydrogen-bond donors (Lipinski definition) is 0. The molecule has 0 aromatic rings. The average Bonchev–Trinajstić information content (AvgIpc) is 1.14. The summed E-state index contributed by atoms with van der Waals surface area (Å²) in [5.74, 6) is 0. The highest BCUT2D eigenvalue weighted by molar-refractivity contribution is 6.61. The van der Waals surface area contributed by atoms with Gasteiger partial charge in [0.2, 0.25) is 0 Å². The molecule has 0 rings (SSSR count). The molecular formula is C2B6O. The highest BCUT2D eigenvalue weighted by Crippen LogP contribution is 2.02. The van der Waals surface area contributed by atoms with Crippen molar-refractivity contribution < 1.29 is 4.74 Å². The molecule has 0 saturated carbocycles. The van der Waals surface area contributed by atoms with Gasteiger partial charge in [-0.2, -0.15) is 0 Å². The maximum Gasteiger partial charge on any atom is 0.0860 e. The van der Waals surface area contributed by atoms with Crippen molar-refractivity contribution in [3.8, 4) is 0 Å². The second-order valence-corrected chi connectivity index (χ2v) is 1.81. The maximum absolute atomic E-state index is 4.91. The molecule has 12 radical (unpaired) electrons. The Kier molecular flexibility index (Phi) is 2.63. The van der Waals surface area contributed by atoms with E-state index in [9.17, 15) is 0 Å². The SMILES string of the molecule is [B]C([B])([B])OC([B])([B])[B]. The summed E-state index contributed by atoms with van der Waals surface area (Å²) < 4.78 is 4.29. The number of rotatable bonds is 2. The van der Waals surface area contributed by atoms with Crippen molar-refractivity contribution in [3.05, 3.63) is 0 Å². The third-order valence-electron chi connectivity index (χ3n) is 0.354. The Hall–Kier alpha value is 0.350. The summed E-state index contributed by atoms with van der Waals surface area (Å²) in [6.07, 6.45) is 0. The van der Waals surface area contributed by atoms with Gasteiger partial charge < -0.3 is 4.74 Å². The molecule has 0 atom stereocenters. The fourth-order valence-corrected chi connectivity index (χ4v) is 0.306. The fourth-order valence-electron chi connectivity index (χ4n) is 0.306. The van der Waals surface area contributed by atoms with E-state index in [4.69, 9.17) is 47.1 Å². The van der Waals surface area contributed by atoms with Gasteiger partial charge in [0.25, 0.3) is 0 Å². The summed E-state index contributed by atoms with van der Waals surface area (Å²) in [7, 11) is 29.5. The van der Waals surface area contributed by atoms with Crippen LogP contribution < -0.4 is 0 Å². The van der Waals surface area contributed by atoms with Crippen molar-refractivity contribution in [1.82, 2.24) is 0 Å². The van der Waals surface area contributed by atoms with E-state index in [2.05, 4.69) is 4.74 Å². The Morgan fingerprint density at radius 1 is 0.667 bits per heavy atom. The van der Waals surface area contributed by atoms with Crippen LogP contribution in [0.2, 0.25) is 0 Å². The van der Waals surface area contributed by atoms with Crippen molar-refractivity contribution >= 4 is 47.1 Å². The zero-order valence-electron chi connectivity index (χ0n) is 4.87. The summed E-state index contributed by atoms with van der Waals surface area (Å²) >= 11 is 0. The molecule has 0 heterocycles. The Morgan fingerprint density at radius 3 is 0.889 bits per heavy atom. The molecule has 9 heavy (non-hydrogen) atoms. The molecule has 0 aliphatic rings. The topological polar surface area (TPSA) is 9.23 Å². The standard InChI is InChI=1S/C2B6O/c3-1(4,5)9-2(6,7)8. The summed E-state index contributed by atoms with van der Waals surface area (Å²) in [5, 5.41) is -3.78. The lowest BCUT2D eigenvalue weighted by Gasteiger charge is -2.33. The second kappa shape index (κ2) is 2.53. The first-order valence-electron chi connectivity index (χ1n) is 2.14. The molecule has 0 aliphatic carbocycles. The van der Waals surface area contributed by atoms with Crippen molar-refractivity contribution in [2.24, 2.45) is 0 Å². The largest absolute Gasteiger partial charge is 0.424 e. The molecule has 0 unspecified atom stereocenters. The first-order chi connectivity index (χ1) is 3.71. The number of hydrogen-bond acceptors (Lipinski definition) is 1. The summed E-state index contributed by atoms with van der Waals surface area (Å²) in [6.45, 7) is 0. The van der Waals surface area contributed by atoms with E-state index < -0.39 is 10.6 Å². The third-order valence-corrected chi connectivity index (χ3v) is 0.354. The molecule has 1 nitrogen and oxygen atoms in total. The molecule has 0 aromatic carbocycles. The Bertz CT molecular complexity index is 76.2. The van der Waals surface area contributed by atoms with Gasteiger partial charge in [-0.25, -0.2) is 0 Å². The van der Waals surface area contributed by atoms with Crippen molar-refractivity contribution in [3.63, 3.8) is 0 Å². The van der Waals surface area contributed by atoms with Crippen LogP contribution in [0.4, 0.5) is 0 Å². The normalized spacial score (nSPS) is 13.3. The van der Waals surface area contributed by atoms with Crippen LogP contribution in [-0.4, -0.2) is 57.7 Å². The molecule has 0 fully saturated rings. The predicted molar refractivity (Wildman–Crippen MR) is 41.1 cm³/mol. The van der Waals surface area contributed by atoms with Crippen LogP contribution in [0.1, 0.15) is 0 Å². The zero-order valence-corrected chi connectivity index (χ0v) is 4.87. The first kappa shape index (κ1) is 9.35. The Morgan fingerprint density at radius 2 is 0.889 bits per heavy atom. The van der Waals surface area contributed by atoms with Crippen LogP contribution in [0.15, 0.2) is 0 Å². The average molecular weight is 105 g/mol. The Labute approximate surface area is 63.1 Å². The van der Waals surface area contributed by atoms with Crippen LogP contribution in [-0.2, 0) is 4.74 Å². The third kappa shape index (κ3) is 8.35. The van der Waals surface area contributed by atoms with Gasteiger partial charge in [0.1, 0.15) is 0 Å². The van der Waals surface area contributed by atoms with Gasteiger partial charge in [-0.3, -0.25) is 0 Å². The van der Waals surface area contributed by atoms with Gasteiger partial charge in [0, 0.05) is 0 Å². The van der Waals surface area contributed by atoms with Crippen LogP contribution in [0.3, 0.4) is 0 Å². The Balaban J connectivity index is 3.75. The van der Waals surface area contributed by atoms with Crippen molar-refractivity contribution in [2.75, 3.05) is 0 Å². The van der Waals surface area contributed by atoms with E-state index in [0.29, 0.717) is 0 Å². The van der Waals surface area contributed by atoms with Crippen LogP contribution in [0.25, 0.3) is 0 Å². The molecule has 0 aliphatic heterocycles. The first-order valence-corrected chi connectivity index (χ1v) is 2.14. The van der Waals surface area contributed by atoms with Gasteiger partial charge in [-0.15, -0.1) is 0 Å². The molecule has 0 amide bonds. The van der Waals surface area contributed by atoms with E-state index in [1.807, 2.05) is 0 Å². The molecule has 0 spiro atoms. The predicted octanol–water partition coefficient (Wildman–Crippen LogP) is -2.76. The lowest BCUT2D eigenvalue weighted by molar-refractivity contribution is 0.123. The summed E-state index contributed by atoms with van der Waals surface area (Å²) in [6, 6.07) is 0. The quantitative estimate of drug-likeness (QED) is 0.345. The van der Waals surface area contributed by atoms with Crippen LogP contribution >= 0.6 is 0 Å². The molecule has 7 heteroatoms. The van der Waals surface area contributed by atoms with E-state index in [0.717, 1.165) is 0 Å². The van der Waals surface area contributed by atoms with Gasteiger partial charge >= 0.3 is 0 Å². The summed E-state index contributed by atoms with van der Waals surface area (Å²) in [5.41, 5.74) is 0. The van der Waals surface area contributed by atoms with Crippen molar-refractivity contribution in [2.45, 2.75) is 10.6 Å². The van der Waals surface area contributed by atoms with E-state index in [1.54, 1.807) is 0 Å². The lowest BCUT2D eigenvalue weighted by atomic mass is 9.47. The number of ether oxygens (including phenoxy) is 1. The van der Waals surface area contributed by atoms with Crippen LogP contribution in [0.5, 0.6) is 0 Å². The molecule has 0 bridgehead atoms. The highest BCUT2D eigenvalue weighted by atomic mass is 16.5. The smallest absolute Gasteiger partial charge is 0.0860 e. The van der Waals surface area contributed by atoms with E-state index >= 15 is 0 Å². The summed E-state index contributed by atoms with van der Waals surface area (Å²) in [4.78, 5) is 0. The monoisotopic (exact) mass is 106 g/mol. The molecule has 0 N–H and O–H groups in total. The molecule has 0 saturated heterocycles. The van der Waals surface area contributed by atoms with Gasteiger partial charge in [0.15, 0.2) is 0 Å².